The van der Waals surface area contributed by atoms with Gasteiger partial charge in [-0.05, 0) is 21.1 Å². The highest BCUT2D eigenvalue weighted by molar-refractivity contribution is 6.48. The van der Waals surface area contributed by atoms with Crippen molar-refractivity contribution >= 4 is 23.2 Å². The highest BCUT2D eigenvalue weighted by Crippen LogP contribution is 2.20. The SMILES string of the molecule is CNC(Cl)(Cl)CCN(C)C. The molecule has 10 heavy (non-hydrogen) atoms. The van der Waals surface area contributed by atoms with Gasteiger partial charge in [-0.2, -0.15) is 0 Å². The zero-order valence-corrected chi connectivity index (χ0v) is 8.13. The number of hydrogen-bond donors (Lipinski definition) is 1. The quantitative estimate of drug-likeness (QED) is 0.524. The average molecular weight is 185 g/mol. The third-order valence-corrected chi connectivity index (χ3v) is 1.99. The van der Waals surface area contributed by atoms with Crippen molar-refractivity contribution in [3.8, 4) is 0 Å². The lowest BCUT2D eigenvalue weighted by molar-refractivity contribution is 0.380. The zero-order valence-electron chi connectivity index (χ0n) is 6.62. The van der Waals surface area contributed by atoms with E-state index in [9.17, 15) is 0 Å². The van der Waals surface area contributed by atoms with Gasteiger partial charge < -0.3 is 4.90 Å². The number of nitrogens with one attached hydrogen (secondary N) is 1. The Hall–Kier alpha value is 0.500. The van der Waals surface area contributed by atoms with Crippen LogP contribution in [-0.4, -0.2) is 37.0 Å². The molecule has 0 aliphatic carbocycles. The summed E-state index contributed by atoms with van der Waals surface area (Å²) in [6, 6.07) is 0. The fourth-order valence-electron chi connectivity index (χ4n) is 0.489. The summed E-state index contributed by atoms with van der Waals surface area (Å²) < 4.78 is -0.774. The molecule has 62 valence electrons. The lowest BCUT2D eigenvalue weighted by Gasteiger charge is -2.20. The predicted octanol–water partition coefficient (Wildman–Crippen LogP) is 1.29. The summed E-state index contributed by atoms with van der Waals surface area (Å²) in [5.74, 6) is 0. The van der Waals surface area contributed by atoms with E-state index in [1.807, 2.05) is 19.0 Å². The van der Waals surface area contributed by atoms with E-state index in [1.54, 1.807) is 7.05 Å². The molecule has 0 rings (SSSR count). The van der Waals surface area contributed by atoms with Crippen molar-refractivity contribution in [3.05, 3.63) is 0 Å². The maximum atomic E-state index is 5.79. The van der Waals surface area contributed by atoms with Gasteiger partial charge in [0.15, 0.2) is 4.46 Å². The molecule has 0 aromatic heterocycles. The molecule has 0 saturated heterocycles. The molecule has 0 radical (unpaired) electrons. The van der Waals surface area contributed by atoms with Crippen LogP contribution in [-0.2, 0) is 0 Å². The third-order valence-electron chi connectivity index (χ3n) is 1.24. The fraction of sp³-hybridized carbons (Fsp3) is 1.00. The van der Waals surface area contributed by atoms with Gasteiger partial charge in [-0.25, -0.2) is 0 Å². The first kappa shape index (κ1) is 10.5. The molecule has 0 aromatic rings. The maximum absolute atomic E-state index is 5.79. The van der Waals surface area contributed by atoms with Crippen LogP contribution in [0.1, 0.15) is 6.42 Å². The molecule has 0 amide bonds. The van der Waals surface area contributed by atoms with Gasteiger partial charge in [-0.15, -0.1) is 0 Å². The minimum Gasteiger partial charge on any atom is -0.309 e. The summed E-state index contributed by atoms with van der Waals surface area (Å²) in [6.07, 6.45) is 0.722. The number of alkyl halides is 2. The van der Waals surface area contributed by atoms with Crippen molar-refractivity contribution < 1.29 is 0 Å². The van der Waals surface area contributed by atoms with Crippen LogP contribution in [0.3, 0.4) is 0 Å². The van der Waals surface area contributed by atoms with Gasteiger partial charge in [0.1, 0.15) is 0 Å². The van der Waals surface area contributed by atoms with Crippen molar-refractivity contribution in [2.45, 2.75) is 10.9 Å². The molecule has 0 aliphatic rings. The predicted molar refractivity (Wildman–Crippen MR) is 46.7 cm³/mol. The summed E-state index contributed by atoms with van der Waals surface area (Å²) in [7, 11) is 5.72. The molecule has 0 unspecified atom stereocenters. The Bertz CT molecular complexity index is 93.7. The molecule has 2 nitrogen and oxygen atoms in total. The molecule has 0 aliphatic heterocycles. The van der Waals surface area contributed by atoms with E-state index in [0.717, 1.165) is 13.0 Å². The second-order valence-electron chi connectivity index (χ2n) is 2.51. The molecule has 0 spiro atoms. The Kier molecular flexibility index (Phi) is 4.61. The Balaban J connectivity index is 3.46. The van der Waals surface area contributed by atoms with Gasteiger partial charge in [-0.3, -0.25) is 5.32 Å². The van der Waals surface area contributed by atoms with E-state index >= 15 is 0 Å². The molecule has 0 aromatic carbocycles. The Morgan fingerprint density at radius 3 is 2.20 bits per heavy atom. The monoisotopic (exact) mass is 184 g/mol. The second-order valence-corrected chi connectivity index (χ2v) is 3.99. The molecule has 1 N–H and O–H groups in total. The second kappa shape index (κ2) is 4.39. The van der Waals surface area contributed by atoms with Crippen molar-refractivity contribution in [2.75, 3.05) is 27.7 Å². The topological polar surface area (TPSA) is 15.3 Å². The standard InChI is InChI=1S/C6H14Cl2N2/c1-9-6(7,8)4-5-10(2)3/h9H,4-5H2,1-3H3. The first-order chi connectivity index (χ1) is 4.48. The Morgan fingerprint density at radius 2 is 1.90 bits per heavy atom. The lowest BCUT2D eigenvalue weighted by Crippen LogP contribution is -2.33. The van der Waals surface area contributed by atoms with E-state index in [0.29, 0.717) is 0 Å². The van der Waals surface area contributed by atoms with Crippen LogP contribution in [0.15, 0.2) is 0 Å². The van der Waals surface area contributed by atoms with Crippen molar-refractivity contribution in [3.63, 3.8) is 0 Å². The van der Waals surface area contributed by atoms with Crippen LogP contribution >= 0.6 is 23.2 Å². The van der Waals surface area contributed by atoms with Crippen LogP contribution in [0.5, 0.6) is 0 Å². The third kappa shape index (κ3) is 5.30. The Morgan fingerprint density at radius 1 is 1.40 bits per heavy atom. The van der Waals surface area contributed by atoms with Crippen molar-refractivity contribution in [1.82, 2.24) is 10.2 Å². The lowest BCUT2D eigenvalue weighted by atomic mass is 10.4. The fourth-order valence-corrected chi connectivity index (χ4v) is 0.658. The first-order valence-electron chi connectivity index (χ1n) is 3.19. The summed E-state index contributed by atoms with van der Waals surface area (Å²) in [5.41, 5.74) is 0. The summed E-state index contributed by atoms with van der Waals surface area (Å²) >= 11 is 11.6. The normalized spacial score (nSPS) is 12.6. The minimum atomic E-state index is -0.774. The van der Waals surface area contributed by atoms with Crippen molar-refractivity contribution in [1.29, 1.82) is 0 Å². The van der Waals surface area contributed by atoms with E-state index in [-0.39, 0.29) is 0 Å². The van der Waals surface area contributed by atoms with E-state index in [1.165, 1.54) is 0 Å². The van der Waals surface area contributed by atoms with Crippen LogP contribution in [0.2, 0.25) is 0 Å². The van der Waals surface area contributed by atoms with Gasteiger partial charge >= 0.3 is 0 Å². The molecular formula is C6H14Cl2N2. The van der Waals surface area contributed by atoms with Crippen LogP contribution in [0.4, 0.5) is 0 Å². The van der Waals surface area contributed by atoms with Gasteiger partial charge in [0, 0.05) is 13.0 Å². The molecule has 0 saturated carbocycles. The van der Waals surface area contributed by atoms with Crippen LogP contribution in [0.25, 0.3) is 0 Å². The number of rotatable bonds is 4. The Labute approximate surface area is 72.5 Å². The van der Waals surface area contributed by atoms with E-state index in [2.05, 4.69) is 5.32 Å². The van der Waals surface area contributed by atoms with Gasteiger partial charge in [0.05, 0.1) is 0 Å². The van der Waals surface area contributed by atoms with Gasteiger partial charge in [-0.1, -0.05) is 23.2 Å². The molecule has 0 atom stereocenters. The summed E-state index contributed by atoms with van der Waals surface area (Å²) in [6.45, 7) is 0.883. The maximum Gasteiger partial charge on any atom is 0.169 e. The number of nitrogens with zero attached hydrogens (tertiary/aromatic N) is 1. The summed E-state index contributed by atoms with van der Waals surface area (Å²) in [5, 5.41) is 2.80. The number of hydrogen-bond acceptors (Lipinski definition) is 2. The van der Waals surface area contributed by atoms with Crippen LogP contribution in [0, 0.1) is 0 Å². The first-order valence-corrected chi connectivity index (χ1v) is 3.95. The van der Waals surface area contributed by atoms with E-state index < -0.39 is 4.46 Å². The average Bonchev–Trinajstić information content (AvgIpc) is 1.85. The largest absolute Gasteiger partial charge is 0.309 e. The van der Waals surface area contributed by atoms with Crippen LogP contribution < -0.4 is 5.32 Å². The highest BCUT2D eigenvalue weighted by atomic mass is 35.5. The molecule has 0 fully saturated rings. The minimum absolute atomic E-state index is 0.722. The molecule has 4 heteroatoms. The molecule has 0 bridgehead atoms. The van der Waals surface area contributed by atoms with Gasteiger partial charge in [0.2, 0.25) is 0 Å². The smallest absolute Gasteiger partial charge is 0.169 e. The van der Waals surface area contributed by atoms with Gasteiger partial charge in [0.25, 0.3) is 0 Å². The summed E-state index contributed by atoms with van der Waals surface area (Å²) in [4.78, 5) is 2.04. The van der Waals surface area contributed by atoms with E-state index in [4.69, 9.17) is 23.2 Å². The highest BCUT2D eigenvalue weighted by Gasteiger charge is 2.19. The zero-order chi connectivity index (χ0) is 8.20. The molecule has 0 heterocycles. The molecular weight excluding hydrogens is 171 g/mol. The number of halogens is 2. The van der Waals surface area contributed by atoms with Crippen molar-refractivity contribution in [2.24, 2.45) is 0 Å².